The van der Waals surface area contributed by atoms with Crippen molar-refractivity contribution in [3.8, 4) is 17.2 Å². The summed E-state index contributed by atoms with van der Waals surface area (Å²) in [7, 11) is 0. The average Bonchev–Trinajstić information content (AvgIpc) is 2.77. The van der Waals surface area contributed by atoms with Crippen LogP contribution in [-0.4, -0.2) is 34.8 Å². The highest BCUT2D eigenvalue weighted by atomic mass is 16.5. The zero-order valence-electron chi connectivity index (χ0n) is 23.3. The van der Waals surface area contributed by atoms with Crippen molar-refractivity contribution >= 4 is 11.7 Å². The van der Waals surface area contributed by atoms with E-state index >= 15 is 0 Å². The molecule has 2 aromatic rings. The fourth-order valence-electron chi connectivity index (χ4n) is 4.87. The predicted molar refractivity (Wildman–Crippen MR) is 144 cm³/mol. The molecule has 1 N–H and O–H groups in total. The molecule has 0 unspecified atom stereocenters. The minimum atomic E-state index is -1.14. The average molecular weight is 492 g/mol. The third kappa shape index (κ3) is 5.90. The first-order chi connectivity index (χ1) is 16.6. The van der Waals surface area contributed by atoms with Crippen LogP contribution in [0.5, 0.6) is 0 Å². The van der Waals surface area contributed by atoms with Gasteiger partial charge in [-0.25, -0.2) is 4.79 Å². The quantitative estimate of drug-likeness (QED) is 0.482. The third-order valence-electron chi connectivity index (χ3n) is 7.14. The Hall–Kier alpha value is -2.91. The second-order valence-electron chi connectivity index (χ2n) is 12.3. The second-order valence-corrected chi connectivity index (χ2v) is 12.3. The summed E-state index contributed by atoms with van der Waals surface area (Å²) >= 11 is 0. The first-order valence-corrected chi connectivity index (χ1v) is 12.8. The first kappa shape index (κ1) is 27.7. The molecule has 1 aliphatic rings. The van der Waals surface area contributed by atoms with Gasteiger partial charge in [0.2, 0.25) is 0 Å². The molecule has 1 fully saturated rings. The molecule has 1 aromatic carbocycles. The fourth-order valence-corrected chi connectivity index (χ4v) is 4.87. The zero-order chi connectivity index (χ0) is 27.1. The zero-order valence-corrected chi connectivity index (χ0v) is 23.3. The minimum absolute atomic E-state index is 0.243. The summed E-state index contributed by atoms with van der Waals surface area (Å²) in [6, 6.07) is 10.4. The van der Waals surface area contributed by atoms with Crippen LogP contribution in [0.3, 0.4) is 0 Å². The summed E-state index contributed by atoms with van der Waals surface area (Å²) in [4.78, 5) is 19.7. The Morgan fingerprint density at radius 2 is 1.64 bits per heavy atom. The number of ether oxygens (including phenoxy) is 1. The number of aliphatic carboxylic acids is 1. The Morgan fingerprint density at radius 3 is 2.11 bits per heavy atom. The van der Waals surface area contributed by atoms with Crippen molar-refractivity contribution in [2.75, 3.05) is 18.0 Å². The van der Waals surface area contributed by atoms with Crippen molar-refractivity contribution in [3.05, 3.63) is 46.8 Å². The van der Waals surface area contributed by atoms with Crippen molar-refractivity contribution < 1.29 is 14.6 Å². The molecule has 0 aliphatic carbocycles. The number of nitrogens with zero attached hydrogens (tertiary/aromatic N) is 3. The fraction of sp³-hybridized carbons (Fsp3) is 0.567. The highest BCUT2D eigenvalue weighted by molar-refractivity contribution is 5.88. The number of piperidine rings is 1. The van der Waals surface area contributed by atoms with Crippen LogP contribution in [0.15, 0.2) is 24.3 Å². The van der Waals surface area contributed by atoms with Crippen molar-refractivity contribution in [2.45, 2.75) is 92.3 Å². The lowest BCUT2D eigenvalue weighted by molar-refractivity contribution is -0.160. The standard InChI is InChI=1S/C30H41N3O3/c1-19-23(21-10-12-22(13-11-21)30(8,9)18-31)25(33-16-14-29(6,7)15-17-33)24(20(2)32-19)26(27(34)35)36-28(3,4)5/h10-13,26H,14-17H2,1-9H3,(H,34,35)/t26-/m0/s1. The summed E-state index contributed by atoms with van der Waals surface area (Å²) in [6.07, 6.45) is 0.887. The molecule has 1 saturated heterocycles. The van der Waals surface area contributed by atoms with Crippen molar-refractivity contribution in [1.29, 1.82) is 5.26 Å². The van der Waals surface area contributed by atoms with Crippen LogP contribution in [-0.2, 0) is 14.9 Å². The molecule has 6 nitrogen and oxygen atoms in total. The maximum atomic E-state index is 12.6. The molecule has 1 aromatic heterocycles. The minimum Gasteiger partial charge on any atom is -0.479 e. The molecule has 3 rings (SSSR count). The highest BCUT2D eigenvalue weighted by Crippen LogP contribution is 2.45. The molecule has 1 aliphatic heterocycles. The van der Waals surface area contributed by atoms with E-state index in [1.165, 1.54) is 0 Å². The Bertz CT molecular complexity index is 1160. The number of aryl methyl sites for hydroxylation is 2. The Morgan fingerprint density at radius 1 is 1.08 bits per heavy atom. The number of anilines is 1. The van der Waals surface area contributed by atoms with Crippen LogP contribution in [0.25, 0.3) is 11.1 Å². The van der Waals surface area contributed by atoms with Gasteiger partial charge < -0.3 is 14.7 Å². The van der Waals surface area contributed by atoms with Gasteiger partial charge in [-0.05, 0) is 77.8 Å². The van der Waals surface area contributed by atoms with Gasteiger partial charge in [-0.2, -0.15) is 5.26 Å². The first-order valence-electron chi connectivity index (χ1n) is 12.8. The van der Waals surface area contributed by atoms with Gasteiger partial charge >= 0.3 is 5.97 Å². The van der Waals surface area contributed by atoms with Gasteiger partial charge in [0.1, 0.15) is 0 Å². The lowest BCUT2D eigenvalue weighted by Crippen LogP contribution is -2.39. The second kappa shape index (κ2) is 9.86. The van der Waals surface area contributed by atoms with Gasteiger partial charge in [-0.3, -0.25) is 4.98 Å². The lowest BCUT2D eigenvalue weighted by atomic mass is 9.81. The summed E-state index contributed by atoms with van der Waals surface area (Å²) in [6.45, 7) is 19.5. The van der Waals surface area contributed by atoms with Gasteiger partial charge in [-0.15, -0.1) is 0 Å². The number of aromatic nitrogens is 1. The van der Waals surface area contributed by atoms with Crippen molar-refractivity contribution in [2.24, 2.45) is 5.41 Å². The maximum absolute atomic E-state index is 12.6. The highest BCUT2D eigenvalue weighted by Gasteiger charge is 2.36. The summed E-state index contributed by atoms with van der Waals surface area (Å²) in [5, 5.41) is 19.9. The SMILES string of the molecule is Cc1nc(C)c([C@H](OC(C)(C)C)C(=O)O)c(N2CCC(C)(C)CC2)c1-c1ccc(C(C)(C)C#N)cc1. The van der Waals surface area contributed by atoms with Crippen LogP contribution in [0.1, 0.15) is 89.9 Å². The Kier molecular flexibility index (Phi) is 7.58. The number of nitriles is 1. The molecule has 0 spiro atoms. The molecular weight excluding hydrogens is 450 g/mol. The summed E-state index contributed by atoms with van der Waals surface area (Å²) in [5.41, 5.74) is 4.88. The number of carboxylic acids is 1. The third-order valence-corrected chi connectivity index (χ3v) is 7.14. The predicted octanol–water partition coefficient (Wildman–Crippen LogP) is 6.73. The smallest absolute Gasteiger partial charge is 0.337 e. The Balaban J connectivity index is 2.29. The lowest BCUT2D eigenvalue weighted by Gasteiger charge is -2.41. The number of rotatable bonds is 6. The van der Waals surface area contributed by atoms with Gasteiger partial charge in [0.05, 0.1) is 22.8 Å². The monoisotopic (exact) mass is 491 g/mol. The van der Waals surface area contributed by atoms with Gasteiger partial charge in [0.25, 0.3) is 0 Å². The van der Waals surface area contributed by atoms with E-state index in [0.717, 1.165) is 54.0 Å². The number of hydrogen-bond acceptors (Lipinski definition) is 5. The van der Waals surface area contributed by atoms with Crippen LogP contribution in [0.4, 0.5) is 5.69 Å². The van der Waals surface area contributed by atoms with E-state index in [-0.39, 0.29) is 5.41 Å². The maximum Gasteiger partial charge on any atom is 0.337 e. The largest absolute Gasteiger partial charge is 0.479 e. The summed E-state index contributed by atoms with van der Waals surface area (Å²) < 4.78 is 6.15. The van der Waals surface area contributed by atoms with E-state index < -0.39 is 23.1 Å². The van der Waals surface area contributed by atoms with E-state index in [2.05, 4.69) is 24.8 Å². The van der Waals surface area contributed by atoms with Crippen LogP contribution in [0.2, 0.25) is 0 Å². The normalized spacial score (nSPS) is 16.9. The molecule has 6 heteroatoms. The number of benzene rings is 1. The topological polar surface area (TPSA) is 86.5 Å². The summed E-state index contributed by atoms with van der Waals surface area (Å²) in [5.74, 6) is -1.02. The van der Waals surface area contributed by atoms with E-state index in [1.54, 1.807) is 0 Å². The number of pyridine rings is 1. The van der Waals surface area contributed by atoms with E-state index in [0.29, 0.717) is 11.3 Å². The van der Waals surface area contributed by atoms with E-state index in [9.17, 15) is 15.2 Å². The molecule has 0 bridgehead atoms. The molecule has 36 heavy (non-hydrogen) atoms. The number of carboxylic acid groups (broad SMARTS) is 1. The molecule has 0 amide bonds. The van der Waals surface area contributed by atoms with Gasteiger partial charge in [0.15, 0.2) is 6.10 Å². The van der Waals surface area contributed by atoms with Gasteiger partial charge in [-0.1, -0.05) is 38.1 Å². The number of carbonyl (C=O) groups is 1. The molecule has 2 heterocycles. The molecule has 0 saturated carbocycles. The van der Waals surface area contributed by atoms with Crippen LogP contribution >= 0.6 is 0 Å². The van der Waals surface area contributed by atoms with Crippen LogP contribution < -0.4 is 4.90 Å². The van der Waals surface area contributed by atoms with Crippen molar-refractivity contribution in [1.82, 2.24) is 4.98 Å². The van der Waals surface area contributed by atoms with Crippen LogP contribution in [0, 0.1) is 30.6 Å². The molecule has 0 radical (unpaired) electrons. The molecule has 194 valence electrons. The van der Waals surface area contributed by atoms with Gasteiger partial charge in [0, 0.05) is 35.6 Å². The molecular formula is C30H41N3O3. The number of hydrogen-bond donors (Lipinski definition) is 1. The van der Waals surface area contributed by atoms with E-state index in [1.807, 2.05) is 72.7 Å². The molecule has 1 atom stereocenters. The van der Waals surface area contributed by atoms with Crippen molar-refractivity contribution in [3.63, 3.8) is 0 Å². The Labute approximate surface area is 216 Å². The van der Waals surface area contributed by atoms with E-state index in [4.69, 9.17) is 9.72 Å².